The first kappa shape index (κ1) is 50.6. The Morgan fingerprint density at radius 3 is 1.68 bits per heavy atom. The molecule has 20 nitrogen and oxygen atoms in total. The fraction of sp³-hybridized carbons (Fsp3) is 0.795. The lowest BCUT2D eigenvalue weighted by Gasteiger charge is -2.31. The van der Waals surface area contributed by atoms with E-state index in [1.807, 2.05) is 13.8 Å². The summed E-state index contributed by atoms with van der Waals surface area (Å²) in [5.74, 6) is -4.37. The number of carbonyl (C=O) groups is 7. The third-order valence-electron chi connectivity index (χ3n) is 10.5. The van der Waals surface area contributed by atoms with Crippen molar-refractivity contribution < 1.29 is 33.6 Å². The van der Waals surface area contributed by atoms with Gasteiger partial charge in [0.25, 0.3) is 0 Å². The number of carbonyl (C=O) groups excluding carboxylic acids is 7. The van der Waals surface area contributed by atoms with E-state index < -0.39 is 77.7 Å². The number of guanidine groups is 1. The maximum Gasteiger partial charge on any atom is 0.246 e. The predicted octanol–water partition coefficient (Wildman–Crippen LogP) is -2.35. The van der Waals surface area contributed by atoms with Crippen LogP contribution in [0.1, 0.15) is 111 Å². The second-order valence-corrected chi connectivity index (χ2v) is 16.4. The number of amides is 7. The van der Waals surface area contributed by atoms with Crippen molar-refractivity contribution in [1.29, 1.82) is 0 Å². The monoisotopic (exact) mass is 836 g/mol. The molecule has 7 atom stereocenters. The molecule has 7 amide bonds. The van der Waals surface area contributed by atoms with Crippen LogP contribution in [0.2, 0.25) is 0 Å². The Bertz CT molecular complexity index is 1420. The molecule has 0 aromatic rings. The molecule has 16 N–H and O–H groups in total. The van der Waals surface area contributed by atoms with E-state index in [1.54, 1.807) is 13.8 Å². The van der Waals surface area contributed by atoms with Gasteiger partial charge in [-0.2, -0.15) is 0 Å². The minimum atomic E-state index is -1.15. The van der Waals surface area contributed by atoms with Gasteiger partial charge in [-0.05, 0) is 115 Å². The molecule has 0 aromatic carbocycles. The second kappa shape index (κ2) is 26.5. The van der Waals surface area contributed by atoms with Gasteiger partial charge in [-0.25, -0.2) is 0 Å². The lowest BCUT2D eigenvalue weighted by molar-refractivity contribution is -0.142. The Kier molecular flexibility index (Phi) is 22.7. The molecule has 2 saturated heterocycles. The van der Waals surface area contributed by atoms with Crippen molar-refractivity contribution in [2.24, 2.45) is 45.5 Å². The van der Waals surface area contributed by atoms with Crippen molar-refractivity contribution in [1.82, 2.24) is 36.8 Å². The van der Waals surface area contributed by atoms with Gasteiger partial charge in [0, 0.05) is 13.1 Å². The van der Waals surface area contributed by atoms with Gasteiger partial charge in [0.1, 0.15) is 36.3 Å². The average Bonchev–Trinajstić information content (AvgIpc) is 3.90. The Morgan fingerprint density at radius 2 is 1.20 bits per heavy atom. The number of hydrogen-bond donors (Lipinski definition) is 11. The molecule has 2 heterocycles. The van der Waals surface area contributed by atoms with E-state index in [0.717, 1.165) is 6.42 Å². The van der Waals surface area contributed by atoms with Crippen LogP contribution in [0.25, 0.3) is 0 Å². The summed E-state index contributed by atoms with van der Waals surface area (Å²) in [4.78, 5) is 100. The standard InChI is InChI=1S/C39H73N13O7/c1-23(2)22-29(37(58)51-31(24(3)4)38(59)52-21-11-16-30(52)32(42)53)50-36(57)27(13-6-8-18-41)48-35(56)28(15-10-20-46-39(43)44)49-34(55)26(12-5-7-17-40)47-33(54)25-14-9-19-45-25/h23-31,45H,5-22,40-41H2,1-4H3,(H2,42,53)(H,47,54)(H,48,56)(H,49,55)(H,50,57)(H,51,58)(H4,43,44,46)/t25-,26+,27+,28+,29+,30-,31+/m1/s1. The fourth-order valence-corrected chi connectivity index (χ4v) is 7.27. The van der Waals surface area contributed by atoms with Crippen molar-refractivity contribution in [3.63, 3.8) is 0 Å². The van der Waals surface area contributed by atoms with Gasteiger partial charge < -0.3 is 65.5 Å². The van der Waals surface area contributed by atoms with Crippen LogP contribution in [-0.2, 0) is 33.6 Å². The number of primary amides is 1. The summed E-state index contributed by atoms with van der Waals surface area (Å²) in [5.41, 5.74) is 28.0. The summed E-state index contributed by atoms with van der Waals surface area (Å²) in [6, 6.07) is -6.50. The molecule has 2 rings (SSSR count). The molecule has 0 aliphatic carbocycles. The number of aliphatic imine (C=N–C) groups is 1. The van der Waals surface area contributed by atoms with Gasteiger partial charge in [0.05, 0.1) is 6.04 Å². The highest BCUT2D eigenvalue weighted by Crippen LogP contribution is 2.20. The normalized spacial score (nSPS) is 18.9. The quantitative estimate of drug-likeness (QED) is 0.0236. The van der Waals surface area contributed by atoms with E-state index >= 15 is 0 Å². The summed E-state index contributed by atoms with van der Waals surface area (Å²) < 4.78 is 0. The van der Waals surface area contributed by atoms with Crippen LogP contribution >= 0.6 is 0 Å². The largest absolute Gasteiger partial charge is 0.370 e. The molecule has 0 bridgehead atoms. The Morgan fingerprint density at radius 1 is 0.678 bits per heavy atom. The van der Waals surface area contributed by atoms with E-state index in [9.17, 15) is 33.6 Å². The van der Waals surface area contributed by atoms with E-state index in [2.05, 4.69) is 36.9 Å². The highest BCUT2D eigenvalue weighted by molar-refractivity contribution is 5.97. The molecule has 2 fully saturated rings. The van der Waals surface area contributed by atoms with Gasteiger partial charge in [-0.3, -0.25) is 38.6 Å². The Hall–Kier alpha value is -4.56. The zero-order valence-corrected chi connectivity index (χ0v) is 35.6. The second-order valence-electron chi connectivity index (χ2n) is 16.4. The van der Waals surface area contributed by atoms with Gasteiger partial charge in [-0.15, -0.1) is 0 Å². The molecule has 0 aromatic heterocycles. The SMILES string of the molecule is CC(C)C[C@H](NC(=O)[C@H](CCCCN)NC(=O)[C@H](CCCN=C(N)N)NC(=O)[C@H](CCCCN)NC(=O)[C@H]1CCCN1)C(=O)N[C@H](C(=O)N1CCC[C@@H]1C(N)=O)C(C)C. The summed E-state index contributed by atoms with van der Waals surface area (Å²) >= 11 is 0. The fourth-order valence-electron chi connectivity index (χ4n) is 7.27. The first-order chi connectivity index (χ1) is 28.0. The predicted molar refractivity (Wildman–Crippen MR) is 225 cm³/mol. The van der Waals surface area contributed by atoms with E-state index in [1.165, 1.54) is 4.90 Å². The number of likely N-dealkylation sites (tertiary alicyclic amines) is 1. The molecule has 0 spiro atoms. The van der Waals surface area contributed by atoms with Crippen molar-refractivity contribution in [2.75, 3.05) is 32.7 Å². The van der Waals surface area contributed by atoms with Gasteiger partial charge in [-0.1, -0.05) is 27.7 Å². The molecular formula is C39H73N13O7. The molecule has 2 aliphatic rings. The average molecular weight is 836 g/mol. The molecule has 20 heteroatoms. The van der Waals surface area contributed by atoms with Crippen LogP contribution in [0.15, 0.2) is 4.99 Å². The van der Waals surface area contributed by atoms with E-state index in [0.29, 0.717) is 84.0 Å². The van der Waals surface area contributed by atoms with Crippen LogP contribution < -0.4 is 60.6 Å². The van der Waals surface area contributed by atoms with Crippen molar-refractivity contribution in [3.8, 4) is 0 Å². The van der Waals surface area contributed by atoms with Crippen LogP contribution in [0.4, 0.5) is 0 Å². The van der Waals surface area contributed by atoms with Crippen molar-refractivity contribution in [2.45, 2.75) is 153 Å². The number of nitrogens with zero attached hydrogens (tertiary/aromatic N) is 2. The lowest BCUT2D eigenvalue weighted by atomic mass is 9.98. The van der Waals surface area contributed by atoms with E-state index in [4.69, 9.17) is 28.7 Å². The minimum absolute atomic E-state index is 0.0603. The van der Waals surface area contributed by atoms with Crippen LogP contribution in [0.3, 0.4) is 0 Å². The summed E-state index contributed by atoms with van der Waals surface area (Å²) in [6.45, 7) is 9.24. The first-order valence-corrected chi connectivity index (χ1v) is 21.3. The van der Waals surface area contributed by atoms with Crippen molar-refractivity contribution >= 4 is 47.3 Å². The van der Waals surface area contributed by atoms with Crippen LogP contribution in [0, 0.1) is 11.8 Å². The number of rotatable bonds is 27. The lowest BCUT2D eigenvalue weighted by Crippen LogP contribution is -2.60. The number of hydrogen-bond acceptors (Lipinski definition) is 11. The summed E-state index contributed by atoms with van der Waals surface area (Å²) in [7, 11) is 0. The zero-order valence-electron chi connectivity index (χ0n) is 35.6. The maximum absolute atomic E-state index is 14.1. The number of nitrogens with two attached hydrogens (primary N) is 5. The molecule has 0 unspecified atom stereocenters. The summed E-state index contributed by atoms with van der Waals surface area (Å²) in [6.07, 6.45) is 5.77. The zero-order chi connectivity index (χ0) is 44.1. The maximum atomic E-state index is 14.1. The minimum Gasteiger partial charge on any atom is -0.370 e. The molecule has 0 radical (unpaired) electrons. The van der Waals surface area contributed by atoms with Crippen LogP contribution in [0.5, 0.6) is 0 Å². The van der Waals surface area contributed by atoms with Crippen LogP contribution in [-0.4, -0.2) is 127 Å². The Labute approximate surface area is 348 Å². The molecule has 336 valence electrons. The number of unbranched alkanes of at least 4 members (excludes halogenated alkanes) is 2. The third kappa shape index (κ3) is 17.7. The van der Waals surface area contributed by atoms with Gasteiger partial charge in [0.15, 0.2) is 5.96 Å². The smallest absolute Gasteiger partial charge is 0.246 e. The van der Waals surface area contributed by atoms with Crippen molar-refractivity contribution in [3.05, 3.63) is 0 Å². The molecule has 2 aliphatic heterocycles. The third-order valence-corrected chi connectivity index (χ3v) is 10.5. The van der Waals surface area contributed by atoms with Gasteiger partial charge in [0.2, 0.25) is 41.4 Å². The molecule has 59 heavy (non-hydrogen) atoms. The first-order valence-electron chi connectivity index (χ1n) is 21.3. The molecule has 0 saturated carbocycles. The molecular weight excluding hydrogens is 763 g/mol. The topological polar surface area (TPSA) is 337 Å². The highest BCUT2D eigenvalue weighted by Gasteiger charge is 2.39. The Balaban J connectivity index is 2.33. The van der Waals surface area contributed by atoms with E-state index in [-0.39, 0.29) is 49.5 Å². The van der Waals surface area contributed by atoms with Gasteiger partial charge >= 0.3 is 0 Å². The highest BCUT2D eigenvalue weighted by atomic mass is 16.2. The summed E-state index contributed by atoms with van der Waals surface area (Å²) in [5, 5.41) is 17.2. The number of nitrogens with one attached hydrogen (secondary N) is 6.